The van der Waals surface area contributed by atoms with Crippen LogP contribution in [0.1, 0.15) is 49.3 Å². The molecule has 1 atom stereocenters. The van der Waals surface area contributed by atoms with Gasteiger partial charge in [-0.15, -0.1) is 0 Å². The van der Waals surface area contributed by atoms with E-state index in [1.807, 2.05) is 43.3 Å². The number of hydrogen-bond acceptors (Lipinski definition) is 3. The van der Waals surface area contributed by atoms with Gasteiger partial charge in [0.2, 0.25) is 0 Å². The molecule has 5 heteroatoms. The molecule has 5 nitrogen and oxygen atoms in total. The lowest BCUT2D eigenvalue weighted by Crippen LogP contribution is -2.33. The monoisotopic (exact) mass is 363 g/mol. The molecule has 27 heavy (non-hydrogen) atoms. The van der Waals surface area contributed by atoms with Crippen molar-refractivity contribution in [3.05, 3.63) is 76.2 Å². The molecule has 2 aromatic carbocycles. The van der Waals surface area contributed by atoms with E-state index in [1.54, 1.807) is 18.2 Å². The second-order valence-corrected chi connectivity index (χ2v) is 7.08. The Morgan fingerprint density at radius 1 is 1.04 bits per heavy atom. The van der Waals surface area contributed by atoms with Crippen LogP contribution in [-0.2, 0) is 6.54 Å². The molecule has 0 aliphatic heterocycles. The Labute approximate surface area is 159 Å². The summed E-state index contributed by atoms with van der Waals surface area (Å²) in [7, 11) is 0. The average Bonchev–Trinajstić information content (AvgIpc) is 2.68. The lowest BCUT2D eigenvalue weighted by molar-refractivity contribution is 0.0926. The van der Waals surface area contributed by atoms with Crippen molar-refractivity contribution in [2.24, 2.45) is 5.92 Å². The first-order chi connectivity index (χ1) is 13.0. The van der Waals surface area contributed by atoms with Crippen molar-refractivity contribution < 1.29 is 4.79 Å². The Hall–Kier alpha value is -2.95. The summed E-state index contributed by atoms with van der Waals surface area (Å²) in [6, 6.07) is 17.0. The van der Waals surface area contributed by atoms with E-state index < -0.39 is 0 Å². The maximum Gasteiger partial charge on any atom is 0.274 e. The predicted molar refractivity (Wildman–Crippen MR) is 108 cm³/mol. The van der Waals surface area contributed by atoms with Crippen molar-refractivity contribution in [3.63, 3.8) is 0 Å². The van der Waals surface area contributed by atoms with Gasteiger partial charge in [0, 0.05) is 11.9 Å². The van der Waals surface area contributed by atoms with Crippen LogP contribution in [0.3, 0.4) is 0 Å². The van der Waals surface area contributed by atoms with Gasteiger partial charge in [-0.05, 0) is 30.9 Å². The minimum absolute atomic E-state index is 0.110. The molecule has 3 aromatic rings. The average molecular weight is 363 g/mol. The Balaban J connectivity index is 2.02. The van der Waals surface area contributed by atoms with Crippen LogP contribution in [0.2, 0.25) is 0 Å². The summed E-state index contributed by atoms with van der Waals surface area (Å²) in [5.41, 5.74) is 1.18. The van der Waals surface area contributed by atoms with Crippen LogP contribution in [0.15, 0.2) is 59.4 Å². The first-order valence-corrected chi connectivity index (χ1v) is 9.37. The maximum absolute atomic E-state index is 13.1. The fourth-order valence-electron chi connectivity index (χ4n) is 3.28. The molecular weight excluding hydrogens is 338 g/mol. The number of aromatic nitrogens is 2. The summed E-state index contributed by atoms with van der Waals surface area (Å²) >= 11 is 0. The van der Waals surface area contributed by atoms with Gasteiger partial charge in [-0.1, -0.05) is 62.4 Å². The van der Waals surface area contributed by atoms with Gasteiger partial charge in [-0.2, -0.15) is 5.10 Å². The lowest BCUT2D eigenvalue weighted by atomic mass is 9.96. The van der Waals surface area contributed by atoms with E-state index in [4.69, 9.17) is 0 Å². The molecule has 0 fully saturated rings. The van der Waals surface area contributed by atoms with Crippen LogP contribution in [0.25, 0.3) is 10.8 Å². The number of hydrogen-bond donors (Lipinski definition) is 1. The molecule has 0 radical (unpaired) electrons. The lowest BCUT2D eigenvalue weighted by Gasteiger charge is -2.21. The molecule has 1 aromatic heterocycles. The molecule has 0 aliphatic carbocycles. The van der Waals surface area contributed by atoms with E-state index in [0.29, 0.717) is 23.2 Å². The van der Waals surface area contributed by atoms with Gasteiger partial charge in [0.25, 0.3) is 11.5 Å². The number of fused-ring (bicyclic) bond motifs is 1. The van der Waals surface area contributed by atoms with E-state index in [1.165, 1.54) is 4.68 Å². The zero-order chi connectivity index (χ0) is 19.4. The molecule has 0 saturated carbocycles. The fraction of sp³-hybridized carbons (Fsp3) is 0.318. The summed E-state index contributed by atoms with van der Waals surface area (Å²) < 4.78 is 1.34. The van der Waals surface area contributed by atoms with Crippen molar-refractivity contribution in [2.45, 2.75) is 39.8 Å². The van der Waals surface area contributed by atoms with Gasteiger partial charge < -0.3 is 5.32 Å². The third-order valence-corrected chi connectivity index (χ3v) is 4.60. The SMILES string of the molecule is CCn1nc(C(=O)N[C@H](CC(C)C)c2ccccc2)c2ccccc2c1=O. The molecule has 1 amide bonds. The predicted octanol–water partition coefficient (Wildman–Crippen LogP) is 3.93. The Bertz CT molecular complexity index is 993. The van der Waals surface area contributed by atoms with Crippen molar-refractivity contribution in [2.75, 3.05) is 0 Å². The number of carbonyl (C=O) groups is 1. The summed E-state index contributed by atoms with van der Waals surface area (Å²) in [5.74, 6) is 0.160. The first-order valence-electron chi connectivity index (χ1n) is 9.37. The topological polar surface area (TPSA) is 64.0 Å². The highest BCUT2D eigenvalue weighted by molar-refractivity contribution is 6.04. The number of benzene rings is 2. The van der Waals surface area contributed by atoms with Crippen molar-refractivity contribution >= 4 is 16.7 Å². The maximum atomic E-state index is 13.1. The highest BCUT2D eigenvalue weighted by atomic mass is 16.2. The van der Waals surface area contributed by atoms with Crippen LogP contribution in [0.5, 0.6) is 0 Å². The zero-order valence-corrected chi connectivity index (χ0v) is 16.0. The fourth-order valence-corrected chi connectivity index (χ4v) is 3.28. The van der Waals surface area contributed by atoms with Crippen LogP contribution in [-0.4, -0.2) is 15.7 Å². The highest BCUT2D eigenvalue weighted by Gasteiger charge is 2.21. The summed E-state index contributed by atoms with van der Waals surface area (Å²) in [5, 5.41) is 8.56. The molecule has 3 rings (SSSR count). The van der Waals surface area contributed by atoms with Crippen LogP contribution >= 0.6 is 0 Å². The van der Waals surface area contributed by atoms with E-state index in [0.717, 1.165) is 12.0 Å². The molecule has 1 heterocycles. The van der Waals surface area contributed by atoms with Gasteiger partial charge in [-0.25, -0.2) is 4.68 Å². The quantitative estimate of drug-likeness (QED) is 0.722. The molecule has 0 bridgehead atoms. The van der Waals surface area contributed by atoms with E-state index in [2.05, 4.69) is 24.3 Å². The van der Waals surface area contributed by atoms with Gasteiger partial charge in [0.05, 0.1) is 11.4 Å². The Morgan fingerprint density at radius 3 is 2.30 bits per heavy atom. The third-order valence-electron chi connectivity index (χ3n) is 4.60. The van der Waals surface area contributed by atoms with Crippen LogP contribution in [0, 0.1) is 5.92 Å². The Kier molecular flexibility index (Phi) is 5.69. The van der Waals surface area contributed by atoms with Crippen molar-refractivity contribution in [1.82, 2.24) is 15.1 Å². The van der Waals surface area contributed by atoms with Gasteiger partial charge in [0.15, 0.2) is 5.69 Å². The number of aryl methyl sites for hydroxylation is 1. The van der Waals surface area contributed by atoms with E-state index in [9.17, 15) is 9.59 Å². The minimum Gasteiger partial charge on any atom is -0.344 e. The Morgan fingerprint density at radius 2 is 1.67 bits per heavy atom. The number of carbonyl (C=O) groups excluding carboxylic acids is 1. The largest absolute Gasteiger partial charge is 0.344 e. The summed E-state index contributed by atoms with van der Waals surface area (Å²) in [6.45, 7) is 6.52. The molecule has 1 N–H and O–H groups in total. The second kappa shape index (κ2) is 8.16. The smallest absolute Gasteiger partial charge is 0.274 e. The van der Waals surface area contributed by atoms with Crippen molar-refractivity contribution in [1.29, 1.82) is 0 Å². The normalized spacial score (nSPS) is 12.3. The molecule has 0 saturated heterocycles. The summed E-state index contributed by atoms with van der Waals surface area (Å²) in [4.78, 5) is 25.6. The van der Waals surface area contributed by atoms with Crippen LogP contribution < -0.4 is 10.9 Å². The minimum atomic E-state index is -0.261. The first kappa shape index (κ1) is 18.8. The molecule has 0 spiro atoms. The zero-order valence-electron chi connectivity index (χ0n) is 16.0. The highest BCUT2D eigenvalue weighted by Crippen LogP contribution is 2.22. The van der Waals surface area contributed by atoms with E-state index >= 15 is 0 Å². The van der Waals surface area contributed by atoms with Gasteiger partial charge in [0.1, 0.15) is 0 Å². The number of rotatable bonds is 6. The summed E-state index contributed by atoms with van der Waals surface area (Å²) in [6.07, 6.45) is 0.821. The number of nitrogens with one attached hydrogen (secondary N) is 1. The third kappa shape index (κ3) is 4.08. The standard InChI is InChI=1S/C22H25N3O2/c1-4-25-22(27)18-13-9-8-12-17(18)20(24-25)21(26)23-19(14-15(2)3)16-10-6-5-7-11-16/h5-13,15,19H,4,14H2,1-3H3,(H,23,26)/t19-/m1/s1. The van der Waals surface area contributed by atoms with Crippen molar-refractivity contribution in [3.8, 4) is 0 Å². The number of amides is 1. The van der Waals surface area contributed by atoms with Crippen LogP contribution in [0.4, 0.5) is 0 Å². The molecule has 0 unspecified atom stereocenters. The van der Waals surface area contributed by atoms with Gasteiger partial charge in [-0.3, -0.25) is 9.59 Å². The second-order valence-electron chi connectivity index (χ2n) is 7.08. The molecule has 0 aliphatic rings. The molecular formula is C22H25N3O2. The number of nitrogens with zero attached hydrogens (tertiary/aromatic N) is 2. The van der Waals surface area contributed by atoms with E-state index in [-0.39, 0.29) is 23.2 Å². The van der Waals surface area contributed by atoms with Gasteiger partial charge >= 0.3 is 0 Å². The molecule has 140 valence electrons.